The molecule has 0 bridgehead atoms. The van der Waals surface area contributed by atoms with Gasteiger partial charge in [-0.15, -0.1) is 0 Å². The van der Waals surface area contributed by atoms with Crippen LogP contribution >= 0.6 is 11.8 Å². The number of nitrogens with zero attached hydrogens (tertiary/aromatic N) is 2. The first kappa shape index (κ1) is 11.8. The Kier molecular flexibility index (Phi) is 3.06. The van der Waals surface area contributed by atoms with Gasteiger partial charge in [-0.05, 0) is 12.8 Å². The zero-order valence-electron chi connectivity index (χ0n) is 9.57. The van der Waals surface area contributed by atoms with Gasteiger partial charge in [0.05, 0.1) is 12.1 Å². The first-order chi connectivity index (χ1) is 8.20. The number of fused-ring (bicyclic) bond motifs is 1. The minimum absolute atomic E-state index is 0.0684. The molecule has 0 unspecified atom stereocenters. The number of aliphatic hydroxyl groups is 3. The van der Waals surface area contributed by atoms with E-state index >= 15 is 0 Å². The minimum Gasteiger partial charge on any atom is -0.396 e. The van der Waals surface area contributed by atoms with Gasteiger partial charge in [-0.2, -0.15) is 0 Å². The average molecular weight is 258 g/mol. The second-order valence-electron chi connectivity index (χ2n) is 5.06. The largest absolute Gasteiger partial charge is 0.396 e. The number of hydrogen-bond acceptors (Lipinski definition) is 6. The molecule has 3 aliphatic rings. The third-order valence-electron chi connectivity index (χ3n) is 3.98. The maximum atomic E-state index is 10.0. The van der Waals surface area contributed by atoms with Crippen molar-refractivity contribution < 1.29 is 15.3 Å². The highest BCUT2D eigenvalue weighted by molar-refractivity contribution is 8.14. The van der Waals surface area contributed by atoms with Gasteiger partial charge >= 0.3 is 0 Å². The maximum Gasteiger partial charge on any atom is 0.159 e. The molecular weight excluding hydrogens is 240 g/mol. The van der Waals surface area contributed by atoms with E-state index in [1.54, 1.807) is 11.8 Å². The Morgan fingerprint density at radius 3 is 2.65 bits per heavy atom. The molecule has 2 heterocycles. The molecule has 0 aromatic heterocycles. The quantitative estimate of drug-likeness (QED) is 0.578. The molecule has 96 valence electrons. The van der Waals surface area contributed by atoms with Crippen LogP contribution in [0, 0.1) is 5.92 Å². The molecule has 5 nitrogen and oxygen atoms in total. The summed E-state index contributed by atoms with van der Waals surface area (Å²) in [6.07, 6.45) is 0.253. The first-order valence-electron chi connectivity index (χ1n) is 6.17. The van der Waals surface area contributed by atoms with E-state index in [1.807, 2.05) is 0 Å². The van der Waals surface area contributed by atoms with E-state index in [0.29, 0.717) is 0 Å². The van der Waals surface area contributed by atoms with Crippen molar-refractivity contribution in [1.82, 2.24) is 4.90 Å². The molecule has 1 aliphatic carbocycles. The highest BCUT2D eigenvalue weighted by Crippen LogP contribution is 2.41. The van der Waals surface area contributed by atoms with Crippen molar-refractivity contribution in [2.24, 2.45) is 10.9 Å². The van der Waals surface area contributed by atoms with Crippen molar-refractivity contribution in [3.05, 3.63) is 0 Å². The van der Waals surface area contributed by atoms with E-state index in [4.69, 9.17) is 0 Å². The number of rotatable bonds is 1. The summed E-state index contributed by atoms with van der Waals surface area (Å²) in [6.45, 7) is 2.03. The lowest BCUT2D eigenvalue weighted by atomic mass is 9.81. The smallest absolute Gasteiger partial charge is 0.159 e. The molecule has 0 aromatic rings. The summed E-state index contributed by atoms with van der Waals surface area (Å²) in [5.41, 5.74) is 0. The summed E-state index contributed by atoms with van der Waals surface area (Å²) in [7, 11) is 0. The van der Waals surface area contributed by atoms with Gasteiger partial charge in [0.25, 0.3) is 0 Å². The highest BCUT2D eigenvalue weighted by atomic mass is 32.2. The van der Waals surface area contributed by atoms with Gasteiger partial charge < -0.3 is 20.2 Å². The molecule has 2 aliphatic heterocycles. The molecule has 0 radical (unpaired) electrons. The molecule has 0 aromatic carbocycles. The zero-order valence-corrected chi connectivity index (χ0v) is 10.4. The zero-order chi connectivity index (χ0) is 12.0. The number of amidine groups is 1. The summed E-state index contributed by atoms with van der Waals surface area (Å²) < 4.78 is 0. The Morgan fingerprint density at radius 2 is 2.06 bits per heavy atom. The SMILES string of the molecule is OC[C@H]1C[C@H]2SC(N3CCC3)=N[C@H]2[C@@H](O)[C@@H]1O. The second kappa shape index (κ2) is 4.42. The number of aliphatic imine (C=N–C) groups is 1. The van der Waals surface area contributed by atoms with Crippen LogP contribution in [0.3, 0.4) is 0 Å². The van der Waals surface area contributed by atoms with E-state index in [-0.39, 0.29) is 23.8 Å². The van der Waals surface area contributed by atoms with Gasteiger partial charge in [-0.25, -0.2) is 0 Å². The lowest BCUT2D eigenvalue weighted by Crippen LogP contribution is -2.51. The van der Waals surface area contributed by atoms with E-state index in [0.717, 1.165) is 24.7 Å². The topological polar surface area (TPSA) is 76.3 Å². The highest BCUT2D eigenvalue weighted by Gasteiger charge is 2.47. The van der Waals surface area contributed by atoms with Crippen molar-refractivity contribution in [2.45, 2.75) is 36.3 Å². The maximum absolute atomic E-state index is 10.0. The van der Waals surface area contributed by atoms with Crippen molar-refractivity contribution in [2.75, 3.05) is 19.7 Å². The molecule has 6 heteroatoms. The van der Waals surface area contributed by atoms with Crippen LogP contribution in [0.25, 0.3) is 0 Å². The molecule has 17 heavy (non-hydrogen) atoms. The molecule has 0 amide bonds. The van der Waals surface area contributed by atoms with Gasteiger partial charge in [-0.3, -0.25) is 4.99 Å². The first-order valence-corrected chi connectivity index (χ1v) is 7.05. The van der Waals surface area contributed by atoms with Crippen molar-refractivity contribution in [3.63, 3.8) is 0 Å². The standard InChI is InChI=1S/C11H18N2O3S/c14-5-6-4-7-8(10(16)9(6)15)12-11(17-7)13-2-1-3-13/h6-10,14-16H,1-5H2/t6-,7-,8-,9-,10-/m1/s1. The molecule has 3 rings (SSSR count). The van der Waals surface area contributed by atoms with Gasteiger partial charge in [0.1, 0.15) is 6.10 Å². The predicted molar refractivity (Wildman–Crippen MR) is 66.0 cm³/mol. The van der Waals surface area contributed by atoms with Crippen LogP contribution in [0.15, 0.2) is 4.99 Å². The number of aliphatic hydroxyl groups excluding tert-OH is 3. The lowest BCUT2D eigenvalue weighted by molar-refractivity contribution is -0.0647. The summed E-state index contributed by atoms with van der Waals surface area (Å²) in [6, 6.07) is -0.201. The van der Waals surface area contributed by atoms with Crippen LogP contribution < -0.4 is 0 Å². The van der Waals surface area contributed by atoms with Crippen LogP contribution in [-0.4, -0.2) is 68.6 Å². The number of thioether (sulfide) groups is 1. The fourth-order valence-electron chi connectivity index (χ4n) is 2.69. The van der Waals surface area contributed by atoms with Gasteiger partial charge in [-0.1, -0.05) is 11.8 Å². The van der Waals surface area contributed by atoms with E-state index in [1.165, 1.54) is 6.42 Å². The normalized spacial score (nSPS) is 45.2. The van der Waals surface area contributed by atoms with Crippen LogP contribution in [0.1, 0.15) is 12.8 Å². The minimum atomic E-state index is -0.846. The van der Waals surface area contributed by atoms with Gasteiger partial charge in [0, 0.05) is 30.9 Å². The van der Waals surface area contributed by atoms with E-state index in [2.05, 4.69) is 9.89 Å². The molecule has 0 spiro atoms. The van der Waals surface area contributed by atoms with Crippen LogP contribution in [-0.2, 0) is 0 Å². The molecule has 3 N–H and O–H groups in total. The second-order valence-corrected chi connectivity index (χ2v) is 6.27. The fourth-order valence-corrected chi connectivity index (χ4v) is 4.18. The molecular formula is C11H18N2O3S. The van der Waals surface area contributed by atoms with Crippen LogP contribution in [0.2, 0.25) is 0 Å². The summed E-state index contributed by atoms with van der Waals surface area (Å²) in [4.78, 5) is 6.76. The molecule has 1 saturated carbocycles. The Morgan fingerprint density at radius 1 is 1.29 bits per heavy atom. The summed E-state index contributed by atoms with van der Waals surface area (Å²) in [5.74, 6) is -0.218. The monoisotopic (exact) mass is 258 g/mol. The summed E-state index contributed by atoms with van der Waals surface area (Å²) >= 11 is 1.70. The summed E-state index contributed by atoms with van der Waals surface area (Å²) in [5, 5.41) is 30.3. The van der Waals surface area contributed by atoms with Crippen molar-refractivity contribution in [1.29, 1.82) is 0 Å². The van der Waals surface area contributed by atoms with Gasteiger partial charge in [0.2, 0.25) is 0 Å². The predicted octanol–water partition coefficient (Wildman–Crippen LogP) is -0.734. The number of hydrogen-bond donors (Lipinski definition) is 3. The average Bonchev–Trinajstić information content (AvgIpc) is 2.64. The van der Waals surface area contributed by atoms with Crippen molar-refractivity contribution in [3.8, 4) is 0 Å². The van der Waals surface area contributed by atoms with Crippen LogP contribution in [0.4, 0.5) is 0 Å². The van der Waals surface area contributed by atoms with Crippen molar-refractivity contribution >= 4 is 16.9 Å². The Labute approximate surface area is 105 Å². The van der Waals surface area contributed by atoms with E-state index < -0.39 is 12.2 Å². The van der Waals surface area contributed by atoms with E-state index in [9.17, 15) is 15.3 Å². The Balaban J connectivity index is 1.74. The number of likely N-dealkylation sites (tertiary alicyclic amines) is 1. The third-order valence-corrected chi connectivity index (χ3v) is 5.32. The molecule has 5 atom stereocenters. The lowest BCUT2D eigenvalue weighted by Gasteiger charge is -2.37. The third kappa shape index (κ3) is 1.87. The Hall–Kier alpha value is -0.300. The Bertz CT molecular complexity index is 335. The van der Waals surface area contributed by atoms with Crippen LogP contribution in [0.5, 0.6) is 0 Å². The van der Waals surface area contributed by atoms with Gasteiger partial charge in [0.15, 0.2) is 5.17 Å². The molecule has 1 saturated heterocycles. The molecule has 2 fully saturated rings. The fraction of sp³-hybridized carbons (Fsp3) is 0.909.